The molecule has 6 heteroatoms. The molecule has 0 aliphatic carbocycles. The number of hydrogen-bond acceptors (Lipinski definition) is 4. The van der Waals surface area contributed by atoms with Gasteiger partial charge in [0.1, 0.15) is 0 Å². The van der Waals surface area contributed by atoms with Crippen LogP contribution in [0.15, 0.2) is 36.7 Å². The van der Waals surface area contributed by atoms with Crippen molar-refractivity contribution in [1.29, 1.82) is 0 Å². The SMILES string of the molecule is NCC#Cc1cnc(NC(=O)c2ccc3cc[nH]c3c2)s1. The van der Waals surface area contributed by atoms with Crippen molar-refractivity contribution in [3.05, 3.63) is 47.1 Å². The van der Waals surface area contributed by atoms with E-state index in [2.05, 4.69) is 27.1 Å². The fourth-order valence-electron chi connectivity index (χ4n) is 1.89. The number of aromatic amines is 1. The topological polar surface area (TPSA) is 83.8 Å². The monoisotopic (exact) mass is 296 g/mol. The number of thiazole rings is 1. The van der Waals surface area contributed by atoms with Crippen LogP contribution in [0.3, 0.4) is 0 Å². The van der Waals surface area contributed by atoms with Crippen LogP contribution in [0.1, 0.15) is 15.2 Å². The van der Waals surface area contributed by atoms with Gasteiger partial charge in [-0.15, -0.1) is 0 Å². The Kier molecular flexibility index (Phi) is 3.69. The van der Waals surface area contributed by atoms with Crippen molar-refractivity contribution in [2.75, 3.05) is 11.9 Å². The number of carbonyl (C=O) groups excluding carboxylic acids is 1. The highest BCUT2D eigenvalue weighted by Crippen LogP contribution is 2.19. The lowest BCUT2D eigenvalue weighted by Crippen LogP contribution is -2.11. The van der Waals surface area contributed by atoms with Crippen molar-refractivity contribution in [2.24, 2.45) is 5.73 Å². The van der Waals surface area contributed by atoms with Crippen molar-refractivity contribution in [3.8, 4) is 11.8 Å². The summed E-state index contributed by atoms with van der Waals surface area (Å²) >= 11 is 1.32. The average molecular weight is 296 g/mol. The molecule has 2 aromatic heterocycles. The number of anilines is 1. The van der Waals surface area contributed by atoms with E-state index in [9.17, 15) is 4.79 Å². The predicted octanol–water partition coefficient (Wildman–Crippen LogP) is 2.19. The van der Waals surface area contributed by atoms with Gasteiger partial charge >= 0.3 is 0 Å². The Morgan fingerprint density at radius 1 is 1.43 bits per heavy atom. The van der Waals surface area contributed by atoms with E-state index in [1.165, 1.54) is 11.3 Å². The molecule has 1 aromatic carbocycles. The summed E-state index contributed by atoms with van der Waals surface area (Å²) in [4.78, 5) is 20.2. The summed E-state index contributed by atoms with van der Waals surface area (Å²) in [5.74, 6) is 5.44. The number of nitrogens with one attached hydrogen (secondary N) is 2. The lowest BCUT2D eigenvalue weighted by molar-refractivity contribution is 0.102. The molecule has 0 aliphatic rings. The van der Waals surface area contributed by atoms with Gasteiger partial charge in [0, 0.05) is 17.3 Å². The van der Waals surface area contributed by atoms with Gasteiger partial charge in [0.05, 0.1) is 17.6 Å². The Labute approximate surface area is 125 Å². The van der Waals surface area contributed by atoms with Gasteiger partial charge in [0.2, 0.25) is 0 Å². The fraction of sp³-hybridized carbons (Fsp3) is 0.0667. The van der Waals surface area contributed by atoms with E-state index in [4.69, 9.17) is 5.73 Å². The van der Waals surface area contributed by atoms with Gasteiger partial charge in [-0.05, 0) is 23.6 Å². The van der Waals surface area contributed by atoms with E-state index in [0.717, 1.165) is 15.8 Å². The standard InChI is InChI=1S/C15H12N4OS/c16-6-1-2-12-9-18-15(21-12)19-14(20)11-4-3-10-5-7-17-13(10)8-11/h3-5,7-9,17H,6,16H2,(H,18,19,20). The molecule has 1 amide bonds. The molecular weight excluding hydrogens is 284 g/mol. The number of fused-ring (bicyclic) bond motifs is 1. The molecule has 3 aromatic rings. The second kappa shape index (κ2) is 5.79. The zero-order valence-electron chi connectivity index (χ0n) is 11.0. The first kappa shape index (κ1) is 13.4. The highest BCUT2D eigenvalue weighted by Gasteiger charge is 2.09. The predicted molar refractivity (Wildman–Crippen MR) is 84.3 cm³/mol. The third-order valence-corrected chi connectivity index (χ3v) is 3.69. The quantitative estimate of drug-likeness (QED) is 0.634. The maximum Gasteiger partial charge on any atom is 0.257 e. The van der Waals surface area contributed by atoms with E-state index in [-0.39, 0.29) is 5.91 Å². The number of aromatic nitrogens is 2. The minimum Gasteiger partial charge on any atom is -0.361 e. The Hall–Kier alpha value is -2.62. The molecule has 4 N–H and O–H groups in total. The Bertz CT molecular complexity index is 853. The average Bonchev–Trinajstić information content (AvgIpc) is 3.12. The lowest BCUT2D eigenvalue weighted by Gasteiger charge is -2.01. The second-order valence-electron chi connectivity index (χ2n) is 4.27. The van der Waals surface area contributed by atoms with Gasteiger partial charge in [-0.2, -0.15) is 0 Å². The molecule has 5 nitrogen and oxygen atoms in total. The van der Waals surface area contributed by atoms with Gasteiger partial charge in [0.25, 0.3) is 5.91 Å². The number of H-pyrrole nitrogens is 1. The van der Waals surface area contributed by atoms with E-state index in [0.29, 0.717) is 17.2 Å². The number of carbonyl (C=O) groups is 1. The van der Waals surface area contributed by atoms with Crippen LogP contribution in [0.2, 0.25) is 0 Å². The molecule has 0 saturated heterocycles. The summed E-state index contributed by atoms with van der Waals surface area (Å²) in [7, 11) is 0. The smallest absolute Gasteiger partial charge is 0.257 e. The number of nitrogens with zero attached hydrogens (tertiary/aromatic N) is 1. The summed E-state index contributed by atoms with van der Waals surface area (Å²) in [6.45, 7) is 0.301. The van der Waals surface area contributed by atoms with Crippen LogP contribution in [0.25, 0.3) is 10.9 Å². The van der Waals surface area contributed by atoms with Gasteiger partial charge in [-0.3, -0.25) is 10.1 Å². The van der Waals surface area contributed by atoms with Crippen LogP contribution in [0, 0.1) is 11.8 Å². The summed E-state index contributed by atoms with van der Waals surface area (Å²) in [5.41, 5.74) is 6.82. The third-order valence-electron chi connectivity index (χ3n) is 2.86. The van der Waals surface area contributed by atoms with Crippen molar-refractivity contribution in [2.45, 2.75) is 0 Å². The number of nitrogens with two attached hydrogens (primary N) is 1. The lowest BCUT2D eigenvalue weighted by atomic mass is 10.1. The first-order valence-electron chi connectivity index (χ1n) is 6.29. The molecule has 0 fully saturated rings. The van der Waals surface area contributed by atoms with Gasteiger partial charge in [-0.1, -0.05) is 29.2 Å². The number of amides is 1. The summed E-state index contributed by atoms with van der Waals surface area (Å²) in [5, 5.41) is 4.36. The van der Waals surface area contributed by atoms with Crippen LogP contribution in [0.4, 0.5) is 5.13 Å². The zero-order valence-corrected chi connectivity index (χ0v) is 11.8. The van der Waals surface area contributed by atoms with Crippen molar-refractivity contribution >= 4 is 33.3 Å². The first-order chi connectivity index (χ1) is 10.3. The normalized spacial score (nSPS) is 10.1. The third kappa shape index (κ3) is 2.94. The molecule has 2 heterocycles. The second-order valence-corrected chi connectivity index (χ2v) is 5.30. The Morgan fingerprint density at radius 3 is 3.19 bits per heavy atom. The van der Waals surface area contributed by atoms with E-state index in [1.807, 2.05) is 24.4 Å². The molecule has 0 spiro atoms. The molecule has 0 radical (unpaired) electrons. The van der Waals surface area contributed by atoms with Gasteiger partial charge < -0.3 is 10.7 Å². The Morgan fingerprint density at radius 2 is 2.33 bits per heavy atom. The molecule has 3 rings (SSSR count). The van der Waals surface area contributed by atoms with E-state index < -0.39 is 0 Å². The molecule has 0 atom stereocenters. The maximum absolute atomic E-state index is 12.2. The van der Waals surface area contributed by atoms with Crippen molar-refractivity contribution in [1.82, 2.24) is 9.97 Å². The van der Waals surface area contributed by atoms with Gasteiger partial charge in [-0.25, -0.2) is 4.98 Å². The summed E-state index contributed by atoms with van der Waals surface area (Å²) in [6.07, 6.45) is 3.46. The highest BCUT2D eigenvalue weighted by molar-refractivity contribution is 7.16. The van der Waals surface area contributed by atoms with Crippen LogP contribution in [-0.2, 0) is 0 Å². The molecule has 0 unspecified atom stereocenters. The van der Waals surface area contributed by atoms with Crippen molar-refractivity contribution in [3.63, 3.8) is 0 Å². The zero-order chi connectivity index (χ0) is 14.7. The molecule has 0 saturated carbocycles. The molecule has 104 valence electrons. The number of hydrogen-bond donors (Lipinski definition) is 3. The first-order valence-corrected chi connectivity index (χ1v) is 7.11. The maximum atomic E-state index is 12.2. The van der Waals surface area contributed by atoms with Crippen LogP contribution < -0.4 is 11.1 Å². The summed E-state index contributed by atoms with van der Waals surface area (Å²) < 4.78 is 0. The fourth-order valence-corrected chi connectivity index (χ4v) is 2.57. The van der Waals surface area contributed by atoms with Crippen LogP contribution >= 0.6 is 11.3 Å². The van der Waals surface area contributed by atoms with Crippen molar-refractivity contribution < 1.29 is 4.79 Å². The molecule has 21 heavy (non-hydrogen) atoms. The summed E-state index contributed by atoms with van der Waals surface area (Å²) in [6, 6.07) is 7.46. The highest BCUT2D eigenvalue weighted by atomic mass is 32.1. The number of benzene rings is 1. The molecule has 0 aliphatic heterocycles. The van der Waals surface area contributed by atoms with Gasteiger partial charge in [0.15, 0.2) is 5.13 Å². The van der Waals surface area contributed by atoms with Crippen LogP contribution in [0.5, 0.6) is 0 Å². The van der Waals surface area contributed by atoms with Crippen LogP contribution in [-0.4, -0.2) is 22.4 Å². The van der Waals surface area contributed by atoms with E-state index >= 15 is 0 Å². The van der Waals surface area contributed by atoms with E-state index in [1.54, 1.807) is 12.3 Å². The molecule has 0 bridgehead atoms. The Balaban J connectivity index is 1.77. The minimum absolute atomic E-state index is 0.195. The molecular formula is C15H12N4OS. The minimum atomic E-state index is -0.195. The number of rotatable bonds is 2. The largest absolute Gasteiger partial charge is 0.361 e.